The third-order valence-electron chi connectivity index (χ3n) is 8.70. The molecule has 0 spiro atoms. The maximum absolute atomic E-state index is 13.9. The molecule has 0 aliphatic heterocycles. The molecule has 0 aromatic heterocycles. The van der Waals surface area contributed by atoms with Crippen LogP contribution in [0.25, 0.3) is 0 Å². The first-order valence-electron chi connectivity index (χ1n) is 16.5. The molecule has 270 valence electrons. The molecule has 0 fully saturated rings. The van der Waals surface area contributed by atoms with Gasteiger partial charge in [-0.05, 0) is 82.1 Å². The lowest BCUT2D eigenvalue weighted by Crippen LogP contribution is -2.52. The lowest BCUT2D eigenvalue weighted by atomic mass is 9.75. The first kappa shape index (κ1) is 42.6. The van der Waals surface area contributed by atoms with Crippen LogP contribution in [-0.2, 0) is 45.2 Å². The fourth-order valence-electron chi connectivity index (χ4n) is 5.04. The average molecular weight is 699 g/mol. The summed E-state index contributed by atoms with van der Waals surface area (Å²) >= 11 is 0. The first-order valence-corrected chi connectivity index (χ1v) is 21.2. The van der Waals surface area contributed by atoms with Gasteiger partial charge in [0.15, 0.2) is 18.2 Å². The minimum absolute atomic E-state index is 0.00319. The molecule has 47 heavy (non-hydrogen) atoms. The number of carbonyl (C=O) groups excluding carboxylic acids is 3. The monoisotopic (exact) mass is 698 g/mol. The summed E-state index contributed by atoms with van der Waals surface area (Å²) < 4.78 is 43.1. The second-order valence-electron chi connectivity index (χ2n) is 16.4. The quantitative estimate of drug-likeness (QED) is 0.118. The molecule has 0 radical (unpaired) electrons. The van der Waals surface area contributed by atoms with Crippen LogP contribution in [0.3, 0.4) is 0 Å². The predicted molar refractivity (Wildman–Crippen MR) is 190 cm³/mol. The van der Waals surface area contributed by atoms with E-state index < -0.39 is 46.6 Å². The van der Waals surface area contributed by atoms with Gasteiger partial charge in [0.05, 0.1) is 16.9 Å². The van der Waals surface area contributed by atoms with Crippen LogP contribution < -0.4 is 5.43 Å². The summed E-state index contributed by atoms with van der Waals surface area (Å²) in [6, 6.07) is 7.56. The van der Waals surface area contributed by atoms with Crippen LogP contribution in [0.15, 0.2) is 24.3 Å². The Morgan fingerprint density at radius 1 is 0.979 bits per heavy atom. The van der Waals surface area contributed by atoms with Crippen molar-refractivity contribution in [2.24, 2.45) is 5.41 Å². The van der Waals surface area contributed by atoms with Gasteiger partial charge >= 0.3 is 12.1 Å². The van der Waals surface area contributed by atoms with E-state index in [0.717, 1.165) is 16.1 Å². The second kappa shape index (κ2) is 16.3. The summed E-state index contributed by atoms with van der Waals surface area (Å²) in [4.78, 5) is 38.1. The van der Waals surface area contributed by atoms with Crippen molar-refractivity contribution in [2.45, 2.75) is 137 Å². The Morgan fingerprint density at radius 3 is 2.11 bits per heavy atom. The van der Waals surface area contributed by atoms with Gasteiger partial charge in [-0.3, -0.25) is 15.0 Å². The fraction of sp³-hybridized carbons (Fsp3) is 0.743. The molecule has 2 amide bonds. The van der Waals surface area contributed by atoms with Crippen LogP contribution in [0.2, 0.25) is 18.1 Å². The van der Waals surface area contributed by atoms with Crippen molar-refractivity contribution in [2.75, 3.05) is 25.2 Å². The molecular formula is C35H62N2O8SSi. The minimum Gasteiger partial charge on any atom is -0.463 e. The van der Waals surface area contributed by atoms with Crippen LogP contribution in [0.1, 0.15) is 107 Å². The number of hydrogen-bond acceptors (Lipinski definition) is 8. The zero-order chi connectivity index (χ0) is 36.6. The third-order valence-corrected chi connectivity index (χ3v) is 15.2. The highest BCUT2D eigenvalue weighted by Gasteiger charge is 2.39. The Labute approximate surface area is 285 Å². The molecule has 1 aromatic carbocycles. The number of rotatable bonds is 15. The summed E-state index contributed by atoms with van der Waals surface area (Å²) in [7, 11) is -4.00. The number of sulfone groups is 1. The van der Waals surface area contributed by atoms with Gasteiger partial charge in [0.25, 0.3) is 0 Å². The fourth-order valence-corrected chi connectivity index (χ4v) is 8.05. The normalized spacial score (nSPS) is 14.9. The lowest BCUT2D eigenvalue weighted by molar-refractivity contribution is -0.145. The molecule has 0 bridgehead atoms. The zero-order valence-corrected chi connectivity index (χ0v) is 33.3. The van der Waals surface area contributed by atoms with Gasteiger partial charge < -0.3 is 13.9 Å². The SMILES string of the molecule is CC(=O)O[C@@H](C)Cc1cccc([C@@](C)(CCCC(C)(C)CS(=O)(=O)CCO[Si](C)(C)C(C)(C)C)C(=O)NN(C)C(=O)OC(C)(C)C)c1. The van der Waals surface area contributed by atoms with Crippen molar-refractivity contribution in [1.82, 2.24) is 10.4 Å². The van der Waals surface area contributed by atoms with Crippen molar-refractivity contribution in [3.63, 3.8) is 0 Å². The molecular weight excluding hydrogens is 637 g/mol. The van der Waals surface area contributed by atoms with Gasteiger partial charge in [-0.2, -0.15) is 0 Å². The molecule has 2 atom stereocenters. The van der Waals surface area contributed by atoms with Crippen LogP contribution in [0.4, 0.5) is 4.79 Å². The van der Waals surface area contributed by atoms with E-state index in [1.54, 1.807) is 20.8 Å². The van der Waals surface area contributed by atoms with E-state index >= 15 is 0 Å². The number of hydrogen-bond donors (Lipinski definition) is 1. The molecule has 0 saturated carbocycles. The largest absolute Gasteiger partial charge is 0.463 e. The molecule has 1 rings (SSSR count). The van der Waals surface area contributed by atoms with Gasteiger partial charge in [-0.1, -0.05) is 65.3 Å². The van der Waals surface area contributed by atoms with Crippen molar-refractivity contribution in [3.05, 3.63) is 35.4 Å². The number of hydrazine groups is 1. The van der Waals surface area contributed by atoms with Gasteiger partial charge in [0.2, 0.25) is 5.91 Å². The highest BCUT2D eigenvalue weighted by Crippen LogP contribution is 2.37. The number of amides is 2. The Morgan fingerprint density at radius 2 is 1.57 bits per heavy atom. The van der Waals surface area contributed by atoms with Crippen molar-refractivity contribution in [1.29, 1.82) is 0 Å². The van der Waals surface area contributed by atoms with E-state index in [-0.39, 0.29) is 35.2 Å². The van der Waals surface area contributed by atoms with Crippen molar-refractivity contribution >= 4 is 36.1 Å². The number of nitrogens with zero attached hydrogens (tertiary/aromatic N) is 1. The smallest absolute Gasteiger partial charge is 0.428 e. The molecule has 0 aliphatic rings. The van der Waals surface area contributed by atoms with Gasteiger partial charge in [-0.15, -0.1) is 0 Å². The Balaban J connectivity index is 3.17. The summed E-state index contributed by atoms with van der Waals surface area (Å²) in [6.07, 6.45) is 0.923. The summed E-state index contributed by atoms with van der Waals surface area (Å²) in [6.45, 7) is 24.9. The maximum atomic E-state index is 13.9. The van der Waals surface area contributed by atoms with Crippen LogP contribution in [0.5, 0.6) is 0 Å². The van der Waals surface area contributed by atoms with Crippen LogP contribution in [-0.4, -0.2) is 76.6 Å². The maximum Gasteiger partial charge on any atom is 0.428 e. The molecule has 0 saturated heterocycles. The standard InChI is InChI=1S/C35H62N2O8SSi/c1-26(44-27(2)38)23-28-17-15-18-29(24-28)35(11,30(39)36-37(12)31(40)45-32(3,4)5)20-16-19-34(9,10)25-46(41,42)22-21-43-47(13,14)33(6,7)8/h15,17-18,24,26H,16,19-23,25H2,1-14H3,(H,36,39)/t26-,35+/m0/s1. The highest BCUT2D eigenvalue weighted by molar-refractivity contribution is 7.91. The van der Waals surface area contributed by atoms with E-state index in [0.29, 0.717) is 25.7 Å². The third kappa shape index (κ3) is 14.7. The summed E-state index contributed by atoms with van der Waals surface area (Å²) in [5.41, 5.74) is 1.96. The van der Waals surface area contributed by atoms with Crippen LogP contribution in [0, 0.1) is 5.41 Å². The molecule has 0 aliphatic carbocycles. The predicted octanol–water partition coefficient (Wildman–Crippen LogP) is 6.97. The number of ether oxygens (including phenoxy) is 2. The van der Waals surface area contributed by atoms with E-state index in [1.807, 2.05) is 52.0 Å². The lowest BCUT2D eigenvalue weighted by Gasteiger charge is -2.36. The summed E-state index contributed by atoms with van der Waals surface area (Å²) in [5.74, 6) is -0.784. The van der Waals surface area contributed by atoms with Crippen LogP contribution >= 0.6 is 0 Å². The topological polar surface area (TPSA) is 128 Å². The number of benzene rings is 1. The number of carbonyl (C=O) groups is 3. The van der Waals surface area contributed by atoms with E-state index in [4.69, 9.17) is 13.9 Å². The Bertz CT molecular complexity index is 1330. The zero-order valence-electron chi connectivity index (χ0n) is 31.5. The molecule has 12 heteroatoms. The van der Waals surface area contributed by atoms with Gasteiger partial charge in [-0.25, -0.2) is 18.2 Å². The minimum atomic E-state index is -3.38. The average Bonchev–Trinajstić information content (AvgIpc) is 2.85. The van der Waals surface area contributed by atoms with Gasteiger partial charge in [0.1, 0.15) is 11.7 Å². The van der Waals surface area contributed by atoms with E-state index in [2.05, 4.69) is 39.3 Å². The number of nitrogens with one attached hydrogen (secondary N) is 1. The number of esters is 1. The summed E-state index contributed by atoms with van der Waals surface area (Å²) in [5, 5.41) is 1.04. The molecule has 10 nitrogen and oxygen atoms in total. The molecule has 1 aromatic rings. The molecule has 0 heterocycles. The van der Waals surface area contributed by atoms with E-state index in [1.165, 1.54) is 14.0 Å². The Hall–Kier alpha value is -2.44. The molecule has 0 unspecified atom stereocenters. The highest BCUT2D eigenvalue weighted by atomic mass is 32.2. The van der Waals surface area contributed by atoms with Gasteiger partial charge in [0, 0.05) is 27.0 Å². The van der Waals surface area contributed by atoms with Crippen molar-refractivity contribution in [3.8, 4) is 0 Å². The van der Waals surface area contributed by atoms with Crippen molar-refractivity contribution < 1.29 is 36.7 Å². The molecule has 1 N–H and O–H groups in total. The second-order valence-corrected chi connectivity index (χ2v) is 23.3. The Kier molecular flexibility index (Phi) is 14.8. The first-order chi connectivity index (χ1) is 21.1. The van der Waals surface area contributed by atoms with E-state index in [9.17, 15) is 22.8 Å².